The molecule has 1 rings (SSSR count). The molecule has 0 saturated carbocycles. The topological polar surface area (TPSA) is 65.0 Å². The number of methoxy groups -OCH3 is 1. The molecule has 6 heteroatoms. The van der Waals surface area contributed by atoms with Crippen molar-refractivity contribution in [2.75, 3.05) is 13.7 Å². The molecule has 0 aliphatic heterocycles. The summed E-state index contributed by atoms with van der Waals surface area (Å²) < 4.78 is 16.2. The van der Waals surface area contributed by atoms with E-state index in [0.717, 1.165) is 0 Å². The highest BCUT2D eigenvalue weighted by Gasteiger charge is 2.20. The Balaban J connectivity index is 2.97. The number of carbonyl (C=O) groups is 1. The Morgan fingerprint density at radius 1 is 1.47 bits per heavy atom. The third-order valence-corrected chi connectivity index (χ3v) is 2.97. The first-order valence-electron chi connectivity index (χ1n) is 5.84. The normalized spacial score (nSPS) is 11.8. The molecule has 106 valence electrons. The number of aliphatic hydroxyl groups excluding tert-OH is 1. The fraction of sp³-hybridized carbons (Fsp3) is 0.462. The number of hydrogen-bond acceptors (Lipinski definition) is 5. The van der Waals surface area contributed by atoms with Crippen molar-refractivity contribution in [3.8, 4) is 11.5 Å². The molecule has 0 heterocycles. The van der Waals surface area contributed by atoms with Crippen molar-refractivity contribution < 1.29 is 24.1 Å². The van der Waals surface area contributed by atoms with Gasteiger partial charge in [0.25, 0.3) is 0 Å². The lowest BCUT2D eigenvalue weighted by Crippen LogP contribution is -2.26. The predicted molar refractivity (Wildman–Crippen MR) is 73.3 cm³/mol. The van der Waals surface area contributed by atoms with Gasteiger partial charge < -0.3 is 19.3 Å². The molecular formula is C13H17BrO5. The van der Waals surface area contributed by atoms with E-state index in [9.17, 15) is 4.79 Å². The van der Waals surface area contributed by atoms with Crippen LogP contribution in [0.15, 0.2) is 16.6 Å². The highest BCUT2D eigenvalue weighted by Crippen LogP contribution is 2.37. The van der Waals surface area contributed by atoms with E-state index < -0.39 is 12.1 Å². The van der Waals surface area contributed by atoms with Crippen molar-refractivity contribution in [3.63, 3.8) is 0 Å². The molecule has 0 aliphatic rings. The second kappa shape index (κ2) is 7.35. The van der Waals surface area contributed by atoms with Crippen molar-refractivity contribution in [3.05, 3.63) is 22.2 Å². The van der Waals surface area contributed by atoms with Crippen LogP contribution in [0.5, 0.6) is 11.5 Å². The monoisotopic (exact) mass is 332 g/mol. The molecule has 1 aromatic rings. The predicted octanol–water partition coefficient (Wildman–Crippen LogP) is 2.28. The lowest BCUT2D eigenvalue weighted by molar-refractivity contribution is -0.150. The maximum atomic E-state index is 11.5. The number of carbonyl (C=O) groups excluding carboxylic acids is 1. The molecule has 0 aromatic heterocycles. The van der Waals surface area contributed by atoms with E-state index in [-0.39, 0.29) is 6.61 Å². The molecule has 0 aliphatic carbocycles. The molecule has 0 fully saturated rings. The zero-order valence-electron chi connectivity index (χ0n) is 11.1. The first kappa shape index (κ1) is 15.8. The van der Waals surface area contributed by atoms with Crippen molar-refractivity contribution >= 4 is 21.9 Å². The molecule has 1 N–H and O–H groups in total. The van der Waals surface area contributed by atoms with Crippen LogP contribution in [0.3, 0.4) is 0 Å². The maximum absolute atomic E-state index is 11.5. The maximum Gasteiger partial charge on any atom is 0.347 e. The summed E-state index contributed by atoms with van der Waals surface area (Å²) in [5, 5.41) is 9.12. The number of rotatable bonds is 6. The fourth-order valence-corrected chi connectivity index (χ4v) is 2.05. The van der Waals surface area contributed by atoms with E-state index in [2.05, 4.69) is 15.9 Å². The van der Waals surface area contributed by atoms with E-state index >= 15 is 0 Å². The van der Waals surface area contributed by atoms with Crippen LogP contribution in [0.4, 0.5) is 0 Å². The van der Waals surface area contributed by atoms with Crippen LogP contribution in [0.1, 0.15) is 19.4 Å². The zero-order chi connectivity index (χ0) is 14.4. The average molecular weight is 333 g/mol. The number of aliphatic hydroxyl groups is 1. The Hall–Kier alpha value is -1.27. The zero-order valence-corrected chi connectivity index (χ0v) is 12.7. The van der Waals surface area contributed by atoms with Gasteiger partial charge in [0.05, 0.1) is 24.8 Å². The molecule has 0 bridgehead atoms. The second-order valence-electron chi connectivity index (χ2n) is 3.78. The van der Waals surface area contributed by atoms with Gasteiger partial charge in [-0.05, 0) is 47.5 Å². The molecule has 5 nitrogen and oxygen atoms in total. The largest absolute Gasteiger partial charge is 0.493 e. The lowest BCUT2D eigenvalue weighted by atomic mass is 10.2. The average Bonchev–Trinajstić information content (AvgIpc) is 2.40. The summed E-state index contributed by atoms with van der Waals surface area (Å²) >= 11 is 3.33. The molecule has 19 heavy (non-hydrogen) atoms. The Labute approximate surface area is 120 Å². The van der Waals surface area contributed by atoms with Gasteiger partial charge in [-0.2, -0.15) is 0 Å². The highest BCUT2D eigenvalue weighted by atomic mass is 79.9. The smallest absolute Gasteiger partial charge is 0.347 e. The summed E-state index contributed by atoms with van der Waals surface area (Å²) in [5.74, 6) is 0.400. The number of esters is 1. The molecular weight excluding hydrogens is 316 g/mol. The Morgan fingerprint density at radius 3 is 2.68 bits per heavy atom. The van der Waals surface area contributed by atoms with Crippen LogP contribution < -0.4 is 9.47 Å². The van der Waals surface area contributed by atoms with Crippen molar-refractivity contribution in [1.82, 2.24) is 0 Å². The molecule has 0 radical (unpaired) electrons. The van der Waals surface area contributed by atoms with Gasteiger partial charge in [0.15, 0.2) is 17.6 Å². The number of halogens is 1. The van der Waals surface area contributed by atoms with Gasteiger partial charge in [-0.25, -0.2) is 4.79 Å². The summed E-state index contributed by atoms with van der Waals surface area (Å²) in [5.41, 5.74) is 0.680. The molecule has 0 amide bonds. The van der Waals surface area contributed by atoms with E-state index in [0.29, 0.717) is 28.1 Å². The van der Waals surface area contributed by atoms with E-state index in [1.165, 1.54) is 7.11 Å². The van der Waals surface area contributed by atoms with Gasteiger partial charge in [-0.1, -0.05) is 0 Å². The van der Waals surface area contributed by atoms with Crippen LogP contribution in [-0.4, -0.2) is 30.9 Å². The third-order valence-electron chi connectivity index (χ3n) is 2.38. The third kappa shape index (κ3) is 4.11. The van der Waals surface area contributed by atoms with Crippen molar-refractivity contribution in [2.24, 2.45) is 0 Å². The van der Waals surface area contributed by atoms with Gasteiger partial charge in [0.1, 0.15) is 0 Å². The van der Waals surface area contributed by atoms with Gasteiger partial charge in [-0.15, -0.1) is 0 Å². The van der Waals surface area contributed by atoms with Gasteiger partial charge in [-0.3, -0.25) is 0 Å². The second-order valence-corrected chi connectivity index (χ2v) is 4.63. The summed E-state index contributed by atoms with van der Waals surface area (Å²) in [4.78, 5) is 11.5. The molecule has 0 spiro atoms. The number of ether oxygens (including phenoxy) is 3. The first-order valence-corrected chi connectivity index (χ1v) is 6.63. The van der Waals surface area contributed by atoms with E-state index in [4.69, 9.17) is 19.3 Å². The summed E-state index contributed by atoms with van der Waals surface area (Å²) in [6.45, 7) is 3.53. The van der Waals surface area contributed by atoms with Crippen LogP contribution in [-0.2, 0) is 16.1 Å². The molecule has 1 atom stereocenters. The van der Waals surface area contributed by atoms with Gasteiger partial charge in [0, 0.05) is 0 Å². The van der Waals surface area contributed by atoms with Crippen LogP contribution >= 0.6 is 15.9 Å². The van der Waals surface area contributed by atoms with Crippen molar-refractivity contribution in [1.29, 1.82) is 0 Å². The Bertz CT molecular complexity index is 447. The quantitative estimate of drug-likeness (QED) is 0.809. The summed E-state index contributed by atoms with van der Waals surface area (Å²) in [6, 6.07) is 3.35. The Kier molecular flexibility index (Phi) is 6.11. The number of benzene rings is 1. The first-order chi connectivity index (χ1) is 9.03. The standard InChI is InChI=1S/C13H17BrO5/c1-4-18-13(16)8(2)19-12-10(14)5-9(7-15)6-11(12)17-3/h5-6,8,15H,4,7H2,1-3H3. The molecule has 0 saturated heterocycles. The summed E-state index contributed by atoms with van der Waals surface area (Å²) in [6.07, 6.45) is -0.745. The highest BCUT2D eigenvalue weighted by molar-refractivity contribution is 9.10. The van der Waals surface area contributed by atoms with E-state index in [1.807, 2.05) is 0 Å². The van der Waals surface area contributed by atoms with Crippen molar-refractivity contribution in [2.45, 2.75) is 26.6 Å². The minimum absolute atomic E-state index is 0.108. The Morgan fingerprint density at radius 2 is 2.16 bits per heavy atom. The van der Waals surface area contributed by atoms with E-state index in [1.54, 1.807) is 26.0 Å². The minimum Gasteiger partial charge on any atom is -0.493 e. The van der Waals surface area contributed by atoms with Gasteiger partial charge >= 0.3 is 5.97 Å². The lowest BCUT2D eigenvalue weighted by Gasteiger charge is -2.17. The van der Waals surface area contributed by atoms with Crippen LogP contribution in [0, 0.1) is 0 Å². The SMILES string of the molecule is CCOC(=O)C(C)Oc1c(Br)cc(CO)cc1OC. The van der Waals surface area contributed by atoms with Crippen LogP contribution in [0.2, 0.25) is 0 Å². The molecule has 1 unspecified atom stereocenters. The summed E-state index contributed by atoms with van der Waals surface area (Å²) in [7, 11) is 1.49. The fourth-order valence-electron chi connectivity index (χ4n) is 1.46. The van der Waals surface area contributed by atoms with Gasteiger partial charge in [0.2, 0.25) is 0 Å². The minimum atomic E-state index is -0.745. The molecule has 1 aromatic carbocycles. The van der Waals surface area contributed by atoms with Crippen LogP contribution in [0.25, 0.3) is 0 Å². The number of hydrogen-bond donors (Lipinski definition) is 1.